The molecule has 6 nitrogen and oxygen atoms in total. The van der Waals surface area contributed by atoms with Gasteiger partial charge in [-0.3, -0.25) is 4.55 Å². The highest BCUT2D eigenvalue weighted by Crippen LogP contribution is 2.20. The van der Waals surface area contributed by atoms with Gasteiger partial charge < -0.3 is 4.74 Å². The summed E-state index contributed by atoms with van der Waals surface area (Å²) in [5.41, 5.74) is 2.42. The van der Waals surface area contributed by atoms with E-state index in [9.17, 15) is 13.0 Å². The average molecular weight is 511 g/mol. The molecule has 0 saturated heterocycles. The number of fused-ring (bicyclic) bond motifs is 1. The van der Waals surface area contributed by atoms with E-state index in [0.29, 0.717) is 19.1 Å². The van der Waals surface area contributed by atoms with E-state index in [1.54, 1.807) is 0 Å². The third-order valence-corrected chi connectivity index (χ3v) is 7.35. The Balaban J connectivity index is 1.85. The second-order valence-electron chi connectivity index (χ2n) is 10.0. The Morgan fingerprint density at radius 2 is 1.54 bits per heavy atom. The van der Waals surface area contributed by atoms with E-state index in [-0.39, 0.29) is 6.61 Å². The summed E-state index contributed by atoms with van der Waals surface area (Å²) in [6, 6.07) is 8.20. The number of benzene rings is 1. The van der Waals surface area contributed by atoms with Gasteiger partial charge in [-0.1, -0.05) is 96.3 Å². The molecule has 0 bridgehead atoms. The molecule has 7 heteroatoms. The zero-order valence-corrected chi connectivity index (χ0v) is 22.8. The van der Waals surface area contributed by atoms with Crippen molar-refractivity contribution in [3.05, 3.63) is 35.4 Å². The van der Waals surface area contributed by atoms with Crippen LogP contribution in [-0.4, -0.2) is 56.2 Å². The molecule has 1 aromatic rings. The Bertz CT molecular complexity index is 840. The Kier molecular flexibility index (Phi) is 14.7. The van der Waals surface area contributed by atoms with Gasteiger partial charge in [0.1, 0.15) is 6.54 Å². The van der Waals surface area contributed by atoms with Crippen molar-refractivity contribution in [3.8, 4) is 0 Å². The van der Waals surface area contributed by atoms with E-state index in [2.05, 4.69) is 30.6 Å². The first-order chi connectivity index (χ1) is 16.9. The van der Waals surface area contributed by atoms with Gasteiger partial charge in [-0.25, -0.2) is 8.76 Å². The molecule has 1 heterocycles. The van der Waals surface area contributed by atoms with Crippen molar-refractivity contribution in [1.29, 1.82) is 0 Å². The van der Waals surface area contributed by atoms with Crippen molar-refractivity contribution in [2.45, 2.75) is 103 Å². The quantitative estimate of drug-likeness (QED) is 0.128. The Hall–Kier alpha value is -1.28. The minimum atomic E-state index is -4.55. The molecule has 1 N–H and O–H groups in total. The topological polar surface area (TPSA) is 75.8 Å². The first-order valence-corrected chi connectivity index (χ1v) is 15.2. The molecule has 1 aromatic carbocycles. The summed E-state index contributed by atoms with van der Waals surface area (Å²) in [6.45, 7) is 6.35. The molecule has 0 fully saturated rings. The molecule has 2 rings (SSSR count). The van der Waals surface area contributed by atoms with Crippen LogP contribution < -0.4 is 0 Å². The van der Waals surface area contributed by atoms with Crippen LogP contribution in [0.4, 0.5) is 0 Å². The van der Waals surface area contributed by atoms with E-state index in [0.717, 1.165) is 31.4 Å². The predicted octanol–water partition coefficient (Wildman–Crippen LogP) is 6.22. The van der Waals surface area contributed by atoms with Crippen molar-refractivity contribution in [2.75, 3.05) is 26.3 Å². The standard InChI is InChI=1S/C28H47NO5S/c1-3-5-7-8-9-10-12-16-25(15-11-6-4-2)23-33-24-28(34-35(30,31)32)22-29-20-19-26-17-13-14-18-27(26)21-29/h13-14,17-18,21,25,28H,3-12,15-16,19-20,22-24H2,1-2H3/p+1. The fourth-order valence-electron chi connectivity index (χ4n) is 4.85. The lowest BCUT2D eigenvalue weighted by atomic mass is 9.95. The molecule has 1 aliphatic heterocycles. The maximum atomic E-state index is 11.5. The Morgan fingerprint density at radius 1 is 0.914 bits per heavy atom. The van der Waals surface area contributed by atoms with Crippen molar-refractivity contribution in [1.82, 2.24) is 0 Å². The number of rotatable bonds is 20. The van der Waals surface area contributed by atoms with Crippen molar-refractivity contribution in [2.24, 2.45) is 5.92 Å². The SMILES string of the molecule is CCCCCCCCCC(CCCCC)COCC(C[N+]1=Cc2ccccc2CC1)OS(=O)(=O)O. The first kappa shape index (κ1) is 29.9. The molecule has 1 aliphatic rings. The van der Waals surface area contributed by atoms with Crippen molar-refractivity contribution in [3.63, 3.8) is 0 Å². The maximum Gasteiger partial charge on any atom is 0.397 e. The lowest BCUT2D eigenvalue weighted by Gasteiger charge is -2.20. The molecular formula is C28H48NO5S+. The third-order valence-electron chi connectivity index (χ3n) is 6.83. The van der Waals surface area contributed by atoms with Gasteiger partial charge in [0.25, 0.3) is 0 Å². The molecule has 0 aliphatic carbocycles. The van der Waals surface area contributed by atoms with E-state index >= 15 is 0 Å². The summed E-state index contributed by atoms with van der Waals surface area (Å²) in [6.07, 6.45) is 17.2. The van der Waals surface area contributed by atoms with Gasteiger partial charge in [-0.2, -0.15) is 8.42 Å². The number of nitrogens with zero attached hydrogens (tertiary/aromatic N) is 1. The number of unbranched alkanes of at least 4 members (excludes halogenated alkanes) is 8. The monoisotopic (exact) mass is 510 g/mol. The van der Waals surface area contributed by atoms with Crippen LogP contribution >= 0.6 is 0 Å². The van der Waals surface area contributed by atoms with Gasteiger partial charge in [-0.05, 0) is 30.4 Å². The van der Waals surface area contributed by atoms with Crippen LogP contribution in [0, 0.1) is 5.92 Å². The summed E-state index contributed by atoms with van der Waals surface area (Å²) in [5.74, 6) is 0.483. The second kappa shape index (κ2) is 17.2. The minimum absolute atomic E-state index is 0.146. The van der Waals surface area contributed by atoms with Crippen LogP contribution in [0.3, 0.4) is 0 Å². The molecule has 200 valence electrons. The molecule has 0 radical (unpaired) electrons. The fourth-order valence-corrected chi connectivity index (χ4v) is 5.31. The summed E-state index contributed by atoms with van der Waals surface area (Å²) in [4.78, 5) is 0. The number of hydrogen-bond acceptors (Lipinski definition) is 4. The maximum absolute atomic E-state index is 11.5. The van der Waals surface area contributed by atoms with E-state index in [4.69, 9.17) is 8.92 Å². The van der Waals surface area contributed by atoms with Crippen LogP contribution in [-0.2, 0) is 25.7 Å². The lowest BCUT2D eigenvalue weighted by molar-refractivity contribution is -0.532. The lowest BCUT2D eigenvalue weighted by Crippen LogP contribution is -2.36. The normalized spacial score (nSPS) is 15.5. The molecule has 0 spiro atoms. The van der Waals surface area contributed by atoms with Crippen LogP contribution in [0.5, 0.6) is 0 Å². The summed E-state index contributed by atoms with van der Waals surface area (Å²) in [7, 11) is -4.55. The van der Waals surface area contributed by atoms with Gasteiger partial charge in [0.05, 0.1) is 6.61 Å². The predicted molar refractivity (Wildman–Crippen MR) is 143 cm³/mol. The molecule has 0 saturated carbocycles. The first-order valence-electron chi connectivity index (χ1n) is 13.8. The van der Waals surface area contributed by atoms with Gasteiger partial charge >= 0.3 is 10.4 Å². The average Bonchev–Trinajstić information content (AvgIpc) is 2.82. The van der Waals surface area contributed by atoms with Gasteiger partial charge in [0.15, 0.2) is 18.9 Å². The number of hydrogen-bond donors (Lipinski definition) is 1. The molecule has 2 atom stereocenters. The van der Waals surface area contributed by atoms with Crippen LogP contribution in [0.2, 0.25) is 0 Å². The largest absolute Gasteiger partial charge is 0.397 e. The highest BCUT2D eigenvalue weighted by molar-refractivity contribution is 7.80. The zero-order chi connectivity index (χ0) is 25.4. The van der Waals surface area contributed by atoms with E-state index in [1.807, 2.05) is 18.3 Å². The van der Waals surface area contributed by atoms with Crippen LogP contribution in [0.1, 0.15) is 102 Å². The summed E-state index contributed by atoms with van der Waals surface area (Å²) >= 11 is 0. The van der Waals surface area contributed by atoms with Gasteiger partial charge in [-0.15, -0.1) is 0 Å². The zero-order valence-electron chi connectivity index (χ0n) is 22.0. The number of ether oxygens (including phenoxy) is 1. The summed E-state index contributed by atoms with van der Waals surface area (Å²) in [5, 5.41) is 0. The summed E-state index contributed by atoms with van der Waals surface area (Å²) < 4.78 is 45.3. The molecule has 35 heavy (non-hydrogen) atoms. The van der Waals surface area contributed by atoms with Crippen LogP contribution in [0.25, 0.3) is 0 Å². The Labute approximate surface area is 214 Å². The fraction of sp³-hybridized carbons (Fsp3) is 0.750. The molecule has 0 aromatic heterocycles. The van der Waals surface area contributed by atoms with Crippen molar-refractivity contribution >= 4 is 16.6 Å². The third kappa shape index (κ3) is 13.6. The van der Waals surface area contributed by atoms with Crippen molar-refractivity contribution < 1.29 is 26.5 Å². The van der Waals surface area contributed by atoms with Crippen LogP contribution in [0.15, 0.2) is 24.3 Å². The second-order valence-corrected chi connectivity index (χ2v) is 11.1. The van der Waals surface area contributed by atoms with Gasteiger partial charge in [0, 0.05) is 18.6 Å². The van der Waals surface area contributed by atoms with E-state index < -0.39 is 16.5 Å². The molecule has 2 unspecified atom stereocenters. The molecular weight excluding hydrogens is 462 g/mol. The van der Waals surface area contributed by atoms with Gasteiger partial charge in [0.2, 0.25) is 0 Å². The highest BCUT2D eigenvalue weighted by Gasteiger charge is 2.25. The minimum Gasteiger partial charge on any atom is -0.378 e. The smallest absolute Gasteiger partial charge is 0.378 e. The van der Waals surface area contributed by atoms with E-state index in [1.165, 1.54) is 69.8 Å². The molecule has 0 amide bonds. The Morgan fingerprint density at radius 3 is 2.26 bits per heavy atom. The highest BCUT2D eigenvalue weighted by atomic mass is 32.3.